The summed E-state index contributed by atoms with van der Waals surface area (Å²) in [6, 6.07) is 8.08. The molecule has 0 bridgehead atoms. The summed E-state index contributed by atoms with van der Waals surface area (Å²) in [4.78, 5) is 11.3. The quantitative estimate of drug-likeness (QED) is 0.783. The Bertz CT molecular complexity index is 319. The van der Waals surface area contributed by atoms with Crippen LogP contribution in [0.5, 0.6) is 0 Å². The number of hydrogen-bond acceptors (Lipinski definition) is 1. The number of aryl methyl sites for hydroxylation is 1. The Balaban J connectivity index is 2.57. The molecule has 0 saturated carbocycles. The molecule has 1 aromatic rings. The number of amides is 2. The van der Waals surface area contributed by atoms with E-state index in [4.69, 9.17) is 0 Å². The Hall–Kier alpha value is -1.51. The number of hydrogen-bond donors (Lipinski definition) is 2. The summed E-state index contributed by atoms with van der Waals surface area (Å²) in [5.74, 6) is 0. The van der Waals surface area contributed by atoms with E-state index in [1.54, 1.807) is 0 Å². The Morgan fingerprint density at radius 2 is 1.93 bits per heavy atom. The number of nitrogens with one attached hydrogen (secondary N) is 2. The van der Waals surface area contributed by atoms with Gasteiger partial charge in [-0.1, -0.05) is 29.8 Å². The minimum absolute atomic E-state index is 0.0390. The van der Waals surface area contributed by atoms with E-state index in [1.807, 2.05) is 45.0 Å². The monoisotopic (exact) mass is 206 g/mol. The minimum Gasteiger partial charge on any atom is -0.338 e. The summed E-state index contributed by atoms with van der Waals surface area (Å²) in [5, 5.41) is 5.57. The first-order valence-corrected chi connectivity index (χ1v) is 5.24. The van der Waals surface area contributed by atoms with Gasteiger partial charge in [0.1, 0.15) is 0 Å². The van der Waals surface area contributed by atoms with Crippen LogP contribution in [0.3, 0.4) is 0 Å². The first-order chi connectivity index (χ1) is 7.13. The van der Waals surface area contributed by atoms with E-state index in [1.165, 1.54) is 5.56 Å². The normalized spacial score (nSPS) is 11.9. The van der Waals surface area contributed by atoms with Crippen LogP contribution in [0.1, 0.15) is 31.0 Å². The highest BCUT2D eigenvalue weighted by atomic mass is 16.2. The Labute approximate surface area is 90.9 Å². The van der Waals surface area contributed by atoms with Crippen LogP contribution in [-0.4, -0.2) is 12.6 Å². The molecule has 2 N–H and O–H groups in total. The molecule has 1 aromatic carbocycles. The summed E-state index contributed by atoms with van der Waals surface area (Å²) in [7, 11) is 0. The minimum atomic E-state index is -0.120. The molecule has 15 heavy (non-hydrogen) atoms. The lowest BCUT2D eigenvalue weighted by atomic mass is 10.1. The van der Waals surface area contributed by atoms with Gasteiger partial charge in [-0.15, -0.1) is 0 Å². The number of carbonyl (C=O) groups excluding carboxylic acids is 1. The summed E-state index contributed by atoms with van der Waals surface area (Å²) >= 11 is 0. The maximum atomic E-state index is 11.3. The fourth-order valence-electron chi connectivity index (χ4n) is 1.35. The van der Waals surface area contributed by atoms with E-state index in [0.717, 1.165) is 5.56 Å². The molecule has 0 radical (unpaired) electrons. The van der Waals surface area contributed by atoms with Crippen LogP contribution in [0.25, 0.3) is 0 Å². The van der Waals surface area contributed by atoms with E-state index >= 15 is 0 Å². The fraction of sp³-hybridized carbons (Fsp3) is 0.417. The van der Waals surface area contributed by atoms with Crippen LogP contribution < -0.4 is 10.6 Å². The number of carbonyl (C=O) groups is 1. The second-order valence-electron chi connectivity index (χ2n) is 3.64. The molecular weight excluding hydrogens is 188 g/mol. The third kappa shape index (κ3) is 3.62. The predicted octanol–water partition coefficient (Wildman–Crippen LogP) is 2.38. The lowest BCUT2D eigenvalue weighted by molar-refractivity contribution is 0.238. The van der Waals surface area contributed by atoms with Crippen LogP contribution in [0, 0.1) is 6.92 Å². The van der Waals surface area contributed by atoms with Gasteiger partial charge < -0.3 is 10.6 Å². The zero-order valence-corrected chi connectivity index (χ0v) is 9.50. The van der Waals surface area contributed by atoms with Gasteiger partial charge in [0.25, 0.3) is 0 Å². The molecule has 0 spiro atoms. The molecule has 0 aliphatic heterocycles. The van der Waals surface area contributed by atoms with Crippen molar-refractivity contribution in [3.63, 3.8) is 0 Å². The Morgan fingerprint density at radius 3 is 2.47 bits per heavy atom. The van der Waals surface area contributed by atoms with Crippen LogP contribution >= 0.6 is 0 Å². The third-order valence-corrected chi connectivity index (χ3v) is 2.26. The highest BCUT2D eigenvalue weighted by Gasteiger charge is 2.07. The van der Waals surface area contributed by atoms with Crippen molar-refractivity contribution >= 4 is 6.03 Å². The maximum absolute atomic E-state index is 11.3. The van der Waals surface area contributed by atoms with Crippen LogP contribution in [0.4, 0.5) is 4.79 Å². The van der Waals surface area contributed by atoms with Gasteiger partial charge in [-0.2, -0.15) is 0 Å². The summed E-state index contributed by atoms with van der Waals surface area (Å²) < 4.78 is 0. The molecule has 3 nitrogen and oxygen atoms in total. The first kappa shape index (κ1) is 11.6. The Morgan fingerprint density at radius 1 is 1.33 bits per heavy atom. The lowest BCUT2D eigenvalue weighted by Crippen LogP contribution is -2.36. The number of urea groups is 1. The second kappa shape index (κ2) is 5.39. The molecule has 1 atom stereocenters. The molecule has 1 rings (SSSR count). The first-order valence-electron chi connectivity index (χ1n) is 5.24. The van der Waals surface area contributed by atoms with Gasteiger partial charge in [0, 0.05) is 6.54 Å². The average molecular weight is 206 g/mol. The predicted molar refractivity (Wildman–Crippen MR) is 61.8 cm³/mol. The topological polar surface area (TPSA) is 41.1 Å². The van der Waals surface area contributed by atoms with Crippen molar-refractivity contribution in [3.05, 3.63) is 35.4 Å². The van der Waals surface area contributed by atoms with E-state index in [2.05, 4.69) is 10.6 Å². The second-order valence-corrected chi connectivity index (χ2v) is 3.64. The highest BCUT2D eigenvalue weighted by Crippen LogP contribution is 2.12. The molecular formula is C12H18N2O. The van der Waals surface area contributed by atoms with Gasteiger partial charge in [0.2, 0.25) is 0 Å². The molecule has 1 unspecified atom stereocenters. The van der Waals surface area contributed by atoms with Crippen LogP contribution in [0.15, 0.2) is 24.3 Å². The zero-order chi connectivity index (χ0) is 11.3. The van der Waals surface area contributed by atoms with E-state index in [9.17, 15) is 4.79 Å². The molecule has 2 amide bonds. The van der Waals surface area contributed by atoms with Crippen molar-refractivity contribution < 1.29 is 4.79 Å². The van der Waals surface area contributed by atoms with Crippen molar-refractivity contribution in [2.45, 2.75) is 26.8 Å². The van der Waals surface area contributed by atoms with Crippen LogP contribution in [0.2, 0.25) is 0 Å². The summed E-state index contributed by atoms with van der Waals surface area (Å²) in [6.07, 6.45) is 0. The highest BCUT2D eigenvalue weighted by molar-refractivity contribution is 5.74. The smallest absolute Gasteiger partial charge is 0.315 e. The summed E-state index contributed by atoms with van der Waals surface area (Å²) in [5.41, 5.74) is 2.34. The third-order valence-electron chi connectivity index (χ3n) is 2.26. The summed E-state index contributed by atoms with van der Waals surface area (Å²) in [6.45, 7) is 6.56. The maximum Gasteiger partial charge on any atom is 0.315 e. The molecule has 3 heteroatoms. The average Bonchev–Trinajstić information content (AvgIpc) is 2.18. The molecule has 0 aliphatic rings. The van der Waals surface area contributed by atoms with Crippen molar-refractivity contribution in [3.8, 4) is 0 Å². The van der Waals surface area contributed by atoms with Gasteiger partial charge in [0.15, 0.2) is 0 Å². The van der Waals surface area contributed by atoms with Gasteiger partial charge >= 0.3 is 6.03 Å². The van der Waals surface area contributed by atoms with Crippen molar-refractivity contribution in [1.82, 2.24) is 10.6 Å². The molecule has 0 saturated heterocycles. The van der Waals surface area contributed by atoms with Crippen molar-refractivity contribution in [2.24, 2.45) is 0 Å². The van der Waals surface area contributed by atoms with Gasteiger partial charge in [0.05, 0.1) is 6.04 Å². The molecule has 0 heterocycles. The van der Waals surface area contributed by atoms with E-state index in [0.29, 0.717) is 6.54 Å². The Kier molecular flexibility index (Phi) is 4.16. The molecule has 0 aromatic heterocycles. The zero-order valence-electron chi connectivity index (χ0n) is 9.50. The lowest BCUT2D eigenvalue weighted by Gasteiger charge is -2.14. The standard InChI is InChI=1S/C12H18N2O/c1-4-13-12(15)14-10(3)11-7-5-9(2)6-8-11/h5-8,10H,4H2,1-3H3,(H2,13,14,15). The van der Waals surface area contributed by atoms with E-state index < -0.39 is 0 Å². The molecule has 0 aliphatic carbocycles. The van der Waals surface area contributed by atoms with Crippen LogP contribution in [-0.2, 0) is 0 Å². The fourth-order valence-corrected chi connectivity index (χ4v) is 1.35. The number of benzene rings is 1. The van der Waals surface area contributed by atoms with Crippen molar-refractivity contribution in [1.29, 1.82) is 0 Å². The van der Waals surface area contributed by atoms with Gasteiger partial charge in [-0.25, -0.2) is 4.79 Å². The van der Waals surface area contributed by atoms with Crippen molar-refractivity contribution in [2.75, 3.05) is 6.54 Å². The molecule has 82 valence electrons. The largest absolute Gasteiger partial charge is 0.338 e. The SMILES string of the molecule is CCNC(=O)NC(C)c1ccc(C)cc1. The van der Waals surface area contributed by atoms with Gasteiger partial charge in [-0.05, 0) is 26.3 Å². The van der Waals surface area contributed by atoms with E-state index in [-0.39, 0.29) is 12.1 Å². The number of rotatable bonds is 3. The van der Waals surface area contributed by atoms with Gasteiger partial charge in [-0.3, -0.25) is 0 Å². The molecule has 0 fully saturated rings.